The minimum absolute atomic E-state index is 0.141. The molecule has 1 heteroatoms. The number of hydrogen-bond donors (Lipinski definition) is 0. The molecule has 84 valence electrons. The first kappa shape index (κ1) is 11.3. The molecule has 0 N–H and O–H groups in total. The fourth-order valence-electron chi connectivity index (χ4n) is 1.89. The second-order valence-corrected chi connectivity index (χ2v) is 3.82. The van der Waals surface area contributed by atoms with Gasteiger partial charge in [-0.05, 0) is 17.2 Å². The largest absolute Gasteiger partial charge is 0.299 e. The standard InChI is InChI=1S/C16H14O/c17-13-7-12-16(14-8-3-1-4-9-14)15-10-5-2-6-11-15/h1-13,16H/b12-7+. The number of benzene rings is 2. The highest BCUT2D eigenvalue weighted by molar-refractivity contribution is 5.65. The van der Waals surface area contributed by atoms with Crippen LogP contribution in [0.3, 0.4) is 0 Å². The highest BCUT2D eigenvalue weighted by Gasteiger charge is 2.09. The molecule has 0 spiro atoms. The lowest BCUT2D eigenvalue weighted by Gasteiger charge is -2.13. The molecule has 0 unspecified atom stereocenters. The fourth-order valence-corrected chi connectivity index (χ4v) is 1.89. The van der Waals surface area contributed by atoms with Gasteiger partial charge in [-0.25, -0.2) is 0 Å². The SMILES string of the molecule is O=C/C=C/C(c1ccccc1)c1ccccc1. The van der Waals surface area contributed by atoms with Crippen LogP contribution < -0.4 is 0 Å². The van der Waals surface area contributed by atoms with E-state index in [0.29, 0.717) is 0 Å². The minimum Gasteiger partial charge on any atom is -0.299 e. The predicted octanol–water partition coefficient (Wildman–Crippen LogP) is 3.57. The van der Waals surface area contributed by atoms with Crippen LogP contribution in [0.2, 0.25) is 0 Å². The summed E-state index contributed by atoms with van der Waals surface area (Å²) in [5, 5.41) is 0. The minimum atomic E-state index is 0.141. The van der Waals surface area contributed by atoms with Gasteiger partial charge in [0.1, 0.15) is 6.29 Å². The van der Waals surface area contributed by atoms with E-state index >= 15 is 0 Å². The van der Waals surface area contributed by atoms with Crippen molar-refractivity contribution < 1.29 is 4.79 Å². The summed E-state index contributed by atoms with van der Waals surface area (Å²) in [5.41, 5.74) is 2.38. The molecule has 0 fully saturated rings. The highest BCUT2D eigenvalue weighted by Crippen LogP contribution is 2.25. The molecule has 0 heterocycles. The predicted molar refractivity (Wildman–Crippen MR) is 69.9 cm³/mol. The summed E-state index contributed by atoms with van der Waals surface area (Å²) in [7, 11) is 0. The Morgan fingerprint density at radius 2 is 1.24 bits per heavy atom. The van der Waals surface area contributed by atoms with Crippen molar-refractivity contribution in [3.05, 3.63) is 83.9 Å². The molecule has 0 aliphatic heterocycles. The second-order valence-electron chi connectivity index (χ2n) is 3.82. The summed E-state index contributed by atoms with van der Waals surface area (Å²) < 4.78 is 0. The molecular formula is C16H14O. The number of allylic oxidation sites excluding steroid dienone is 2. The van der Waals surface area contributed by atoms with Crippen LogP contribution in [0.1, 0.15) is 17.0 Å². The van der Waals surface area contributed by atoms with E-state index in [2.05, 4.69) is 24.3 Å². The van der Waals surface area contributed by atoms with Crippen LogP contribution in [-0.4, -0.2) is 6.29 Å². The average Bonchev–Trinajstić information content (AvgIpc) is 2.42. The number of carbonyl (C=O) groups is 1. The van der Waals surface area contributed by atoms with Crippen LogP contribution >= 0.6 is 0 Å². The quantitative estimate of drug-likeness (QED) is 0.571. The molecule has 0 saturated carbocycles. The Balaban J connectivity index is 2.39. The maximum Gasteiger partial charge on any atom is 0.142 e. The summed E-state index contributed by atoms with van der Waals surface area (Å²) in [4.78, 5) is 10.5. The van der Waals surface area contributed by atoms with E-state index in [-0.39, 0.29) is 5.92 Å². The number of carbonyl (C=O) groups excluding carboxylic acids is 1. The molecule has 0 radical (unpaired) electrons. The fraction of sp³-hybridized carbons (Fsp3) is 0.0625. The first-order valence-corrected chi connectivity index (χ1v) is 5.63. The monoisotopic (exact) mass is 222 g/mol. The van der Waals surface area contributed by atoms with E-state index in [4.69, 9.17) is 0 Å². The van der Waals surface area contributed by atoms with Crippen LogP contribution in [0.5, 0.6) is 0 Å². The van der Waals surface area contributed by atoms with Gasteiger partial charge in [0.05, 0.1) is 0 Å². The van der Waals surface area contributed by atoms with Gasteiger partial charge in [0.25, 0.3) is 0 Å². The zero-order chi connectivity index (χ0) is 11.9. The number of rotatable bonds is 4. The van der Waals surface area contributed by atoms with Crippen LogP contribution in [-0.2, 0) is 4.79 Å². The molecule has 0 aliphatic rings. The van der Waals surface area contributed by atoms with Gasteiger partial charge in [-0.1, -0.05) is 66.7 Å². The van der Waals surface area contributed by atoms with E-state index in [1.807, 2.05) is 42.5 Å². The van der Waals surface area contributed by atoms with E-state index in [0.717, 1.165) is 6.29 Å². The third-order valence-electron chi connectivity index (χ3n) is 2.70. The summed E-state index contributed by atoms with van der Waals surface area (Å²) in [6.45, 7) is 0. The van der Waals surface area contributed by atoms with Gasteiger partial charge in [0.15, 0.2) is 0 Å². The Kier molecular flexibility index (Phi) is 3.87. The van der Waals surface area contributed by atoms with Crippen molar-refractivity contribution in [1.29, 1.82) is 0 Å². The Morgan fingerprint density at radius 3 is 1.65 bits per heavy atom. The number of aldehydes is 1. The molecule has 0 bridgehead atoms. The normalized spacial score (nSPS) is 10.9. The lowest BCUT2D eigenvalue weighted by molar-refractivity contribution is -0.104. The smallest absolute Gasteiger partial charge is 0.142 e. The highest BCUT2D eigenvalue weighted by atomic mass is 16.1. The van der Waals surface area contributed by atoms with E-state index in [9.17, 15) is 4.79 Å². The molecule has 1 nitrogen and oxygen atoms in total. The second kappa shape index (κ2) is 5.80. The summed E-state index contributed by atoms with van der Waals surface area (Å²) in [6, 6.07) is 20.4. The summed E-state index contributed by atoms with van der Waals surface area (Å²) >= 11 is 0. The maximum absolute atomic E-state index is 10.5. The van der Waals surface area contributed by atoms with Crippen molar-refractivity contribution in [2.24, 2.45) is 0 Å². The molecule has 0 amide bonds. The van der Waals surface area contributed by atoms with Gasteiger partial charge in [-0.15, -0.1) is 0 Å². The van der Waals surface area contributed by atoms with Crippen molar-refractivity contribution in [1.82, 2.24) is 0 Å². The van der Waals surface area contributed by atoms with Gasteiger partial charge in [0.2, 0.25) is 0 Å². The Hall–Kier alpha value is -2.15. The van der Waals surface area contributed by atoms with Gasteiger partial charge in [-0.2, -0.15) is 0 Å². The van der Waals surface area contributed by atoms with Gasteiger partial charge in [0, 0.05) is 5.92 Å². The molecule has 0 atom stereocenters. The Labute approximate surface area is 101 Å². The topological polar surface area (TPSA) is 17.1 Å². The van der Waals surface area contributed by atoms with Gasteiger partial charge >= 0.3 is 0 Å². The van der Waals surface area contributed by atoms with Crippen molar-refractivity contribution in [3.63, 3.8) is 0 Å². The van der Waals surface area contributed by atoms with Crippen LogP contribution in [0.15, 0.2) is 72.8 Å². The van der Waals surface area contributed by atoms with E-state index in [1.165, 1.54) is 11.1 Å². The molecule has 2 aromatic carbocycles. The zero-order valence-corrected chi connectivity index (χ0v) is 9.49. The van der Waals surface area contributed by atoms with Crippen LogP contribution in [0.25, 0.3) is 0 Å². The lowest BCUT2D eigenvalue weighted by atomic mass is 9.91. The summed E-state index contributed by atoms with van der Waals surface area (Å²) in [5.74, 6) is 0.141. The average molecular weight is 222 g/mol. The van der Waals surface area contributed by atoms with Gasteiger partial charge < -0.3 is 0 Å². The maximum atomic E-state index is 10.5. The van der Waals surface area contributed by atoms with Gasteiger partial charge in [-0.3, -0.25) is 4.79 Å². The molecule has 0 saturated heterocycles. The molecule has 2 aromatic rings. The first-order valence-electron chi connectivity index (χ1n) is 5.63. The van der Waals surface area contributed by atoms with E-state index in [1.54, 1.807) is 6.08 Å². The molecule has 0 aromatic heterocycles. The third-order valence-corrected chi connectivity index (χ3v) is 2.70. The Bertz CT molecular complexity index is 446. The number of hydrogen-bond acceptors (Lipinski definition) is 1. The molecule has 0 aliphatic carbocycles. The molecule has 17 heavy (non-hydrogen) atoms. The van der Waals surface area contributed by atoms with Crippen molar-refractivity contribution in [3.8, 4) is 0 Å². The summed E-state index contributed by atoms with van der Waals surface area (Å²) in [6.07, 6.45) is 4.31. The third kappa shape index (κ3) is 2.91. The zero-order valence-electron chi connectivity index (χ0n) is 9.49. The van der Waals surface area contributed by atoms with E-state index < -0.39 is 0 Å². The first-order chi connectivity index (χ1) is 8.42. The Morgan fingerprint density at radius 1 is 0.765 bits per heavy atom. The molecule has 2 rings (SSSR count). The van der Waals surface area contributed by atoms with Crippen molar-refractivity contribution >= 4 is 6.29 Å². The lowest BCUT2D eigenvalue weighted by Crippen LogP contribution is -1.97. The van der Waals surface area contributed by atoms with Crippen molar-refractivity contribution in [2.75, 3.05) is 0 Å². The van der Waals surface area contributed by atoms with Crippen LogP contribution in [0.4, 0.5) is 0 Å². The molecular weight excluding hydrogens is 208 g/mol. The van der Waals surface area contributed by atoms with Crippen LogP contribution in [0, 0.1) is 0 Å². The van der Waals surface area contributed by atoms with Crippen molar-refractivity contribution in [2.45, 2.75) is 5.92 Å².